The molecule has 0 aliphatic carbocycles. The highest BCUT2D eigenvalue weighted by Crippen LogP contribution is 2.36. The molecule has 1 aliphatic heterocycles. The molecule has 3 rings (SSSR count). The summed E-state index contributed by atoms with van der Waals surface area (Å²) in [5, 5.41) is 4.65. The molecule has 1 aliphatic rings. The summed E-state index contributed by atoms with van der Waals surface area (Å²) in [5.74, 6) is -0.241. The van der Waals surface area contributed by atoms with Crippen molar-refractivity contribution in [3.63, 3.8) is 0 Å². The summed E-state index contributed by atoms with van der Waals surface area (Å²) >= 11 is 4.91. The molecule has 0 bridgehead atoms. The molecule has 5 nitrogen and oxygen atoms in total. The van der Waals surface area contributed by atoms with Crippen LogP contribution in [0.4, 0.5) is 5.69 Å². The van der Waals surface area contributed by atoms with Gasteiger partial charge in [0.15, 0.2) is 0 Å². The SMILES string of the molecule is CNS(=O)(=O)c1ccc2c(c1)C(=Cc1sccc1Br)C(=O)N2. The molecule has 0 spiro atoms. The molecule has 2 aromatic rings. The molecule has 1 amide bonds. The van der Waals surface area contributed by atoms with E-state index >= 15 is 0 Å². The molecule has 0 atom stereocenters. The number of sulfonamides is 1. The number of amides is 1. The van der Waals surface area contributed by atoms with Gasteiger partial charge in [-0.05, 0) is 58.7 Å². The van der Waals surface area contributed by atoms with Crippen LogP contribution in [0.3, 0.4) is 0 Å². The Hall–Kier alpha value is -1.48. The van der Waals surface area contributed by atoms with E-state index < -0.39 is 10.0 Å². The van der Waals surface area contributed by atoms with Gasteiger partial charge in [-0.2, -0.15) is 0 Å². The summed E-state index contributed by atoms with van der Waals surface area (Å²) in [6.07, 6.45) is 1.76. The first-order valence-electron chi connectivity index (χ1n) is 6.26. The molecule has 22 heavy (non-hydrogen) atoms. The van der Waals surface area contributed by atoms with E-state index in [1.165, 1.54) is 30.5 Å². The van der Waals surface area contributed by atoms with Crippen LogP contribution in [-0.4, -0.2) is 21.4 Å². The molecule has 1 aromatic heterocycles. The number of hydrogen-bond donors (Lipinski definition) is 2. The number of rotatable bonds is 3. The zero-order valence-electron chi connectivity index (χ0n) is 11.4. The Morgan fingerprint density at radius 1 is 1.32 bits per heavy atom. The van der Waals surface area contributed by atoms with Gasteiger partial charge in [0.05, 0.1) is 10.5 Å². The first-order valence-corrected chi connectivity index (χ1v) is 9.42. The Morgan fingerprint density at radius 3 is 2.73 bits per heavy atom. The zero-order valence-corrected chi connectivity index (χ0v) is 14.6. The van der Waals surface area contributed by atoms with Crippen molar-refractivity contribution in [3.05, 3.63) is 44.6 Å². The summed E-state index contributed by atoms with van der Waals surface area (Å²) in [5.41, 5.74) is 1.65. The van der Waals surface area contributed by atoms with Crippen molar-refractivity contribution in [1.82, 2.24) is 4.72 Å². The molecule has 0 saturated heterocycles. The summed E-state index contributed by atoms with van der Waals surface area (Å²) in [6, 6.07) is 6.47. The van der Waals surface area contributed by atoms with Gasteiger partial charge in [-0.3, -0.25) is 4.79 Å². The highest BCUT2D eigenvalue weighted by atomic mass is 79.9. The standard InChI is InChI=1S/C14H11BrN2O3S2/c1-16-22(19,20)8-2-3-12-9(6-8)10(14(18)17-12)7-13-11(15)4-5-21-13/h2-7,16H,1H3,(H,17,18). The first kappa shape index (κ1) is 15.4. The highest BCUT2D eigenvalue weighted by molar-refractivity contribution is 9.10. The van der Waals surface area contributed by atoms with E-state index in [2.05, 4.69) is 26.0 Å². The number of benzene rings is 1. The van der Waals surface area contributed by atoms with Gasteiger partial charge in [-0.15, -0.1) is 11.3 Å². The molecule has 0 fully saturated rings. The predicted molar refractivity (Wildman–Crippen MR) is 91.2 cm³/mol. The van der Waals surface area contributed by atoms with Crippen LogP contribution in [0.5, 0.6) is 0 Å². The quantitative estimate of drug-likeness (QED) is 0.780. The second-order valence-corrected chi connectivity index (χ2v) is 8.25. The number of hydrogen-bond acceptors (Lipinski definition) is 4. The lowest BCUT2D eigenvalue weighted by Crippen LogP contribution is -2.18. The smallest absolute Gasteiger partial charge is 0.256 e. The maximum atomic E-state index is 12.1. The van der Waals surface area contributed by atoms with E-state index in [4.69, 9.17) is 0 Å². The second-order valence-electron chi connectivity index (χ2n) is 4.56. The number of carbonyl (C=O) groups is 1. The minimum Gasteiger partial charge on any atom is -0.321 e. The normalized spacial score (nSPS) is 15.9. The molecule has 0 saturated carbocycles. The highest BCUT2D eigenvalue weighted by Gasteiger charge is 2.26. The molecule has 114 valence electrons. The number of halogens is 1. The van der Waals surface area contributed by atoms with E-state index in [9.17, 15) is 13.2 Å². The average Bonchev–Trinajstić information content (AvgIpc) is 3.03. The van der Waals surface area contributed by atoms with Crippen LogP contribution in [0.1, 0.15) is 10.4 Å². The van der Waals surface area contributed by atoms with E-state index in [0.717, 1.165) is 9.35 Å². The molecule has 0 radical (unpaired) electrons. The third kappa shape index (κ3) is 2.63. The van der Waals surface area contributed by atoms with Gasteiger partial charge in [0, 0.05) is 20.6 Å². The fraction of sp³-hybridized carbons (Fsp3) is 0.0714. The van der Waals surface area contributed by atoms with Gasteiger partial charge in [0.2, 0.25) is 10.0 Å². The average molecular weight is 399 g/mol. The maximum absolute atomic E-state index is 12.1. The van der Waals surface area contributed by atoms with Crippen LogP contribution in [0.2, 0.25) is 0 Å². The van der Waals surface area contributed by atoms with Crippen LogP contribution in [0.25, 0.3) is 11.6 Å². The van der Waals surface area contributed by atoms with Crippen LogP contribution >= 0.6 is 27.3 Å². The minimum atomic E-state index is -3.55. The lowest BCUT2D eigenvalue weighted by molar-refractivity contribution is -0.110. The minimum absolute atomic E-state index is 0.126. The second kappa shape index (κ2) is 5.62. The van der Waals surface area contributed by atoms with Gasteiger partial charge in [-0.1, -0.05) is 0 Å². The van der Waals surface area contributed by atoms with E-state index in [1.54, 1.807) is 12.1 Å². The molecular weight excluding hydrogens is 388 g/mol. The topological polar surface area (TPSA) is 75.3 Å². The largest absolute Gasteiger partial charge is 0.321 e. The third-order valence-corrected chi connectivity index (χ3v) is 6.50. The molecular formula is C14H11BrN2O3S2. The van der Waals surface area contributed by atoms with Crippen molar-refractivity contribution >= 4 is 60.5 Å². The monoisotopic (exact) mass is 398 g/mol. The van der Waals surface area contributed by atoms with Gasteiger partial charge in [0.1, 0.15) is 0 Å². The molecule has 2 heterocycles. The fourth-order valence-corrected chi connectivity index (χ4v) is 4.31. The Bertz CT molecular complexity index is 901. The maximum Gasteiger partial charge on any atom is 0.256 e. The number of fused-ring (bicyclic) bond motifs is 1. The van der Waals surface area contributed by atoms with Crippen molar-refractivity contribution in [2.45, 2.75) is 4.90 Å². The summed E-state index contributed by atoms with van der Waals surface area (Å²) in [4.78, 5) is 13.2. The lowest BCUT2D eigenvalue weighted by atomic mass is 10.1. The van der Waals surface area contributed by atoms with E-state index in [-0.39, 0.29) is 10.8 Å². The molecule has 0 unspecified atom stereocenters. The van der Waals surface area contributed by atoms with Crippen molar-refractivity contribution in [3.8, 4) is 0 Å². The zero-order chi connectivity index (χ0) is 15.9. The summed E-state index contributed by atoms with van der Waals surface area (Å²) < 4.78 is 27.0. The van der Waals surface area contributed by atoms with E-state index in [1.807, 2.05) is 11.4 Å². The molecule has 1 aromatic carbocycles. The number of carbonyl (C=O) groups excluding carboxylic acids is 1. The first-order chi connectivity index (χ1) is 10.4. The van der Waals surface area contributed by atoms with Crippen molar-refractivity contribution < 1.29 is 13.2 Å². The van der Waals surface area contributed by atoms with Crippen molar-refractivity contribution in [1.29, 1.82) is 0 Å². The Kier molecular flexibility index (Phi) is 3.94. The fourth-order valence-electron chi connectivity index (χ4n) is 2.14. The summed E-state index contributed by atoms with van der Waals surface area (Å²) in [6.45, 7) is 0. The van der Waals surface area contributed by atoms with Crippen molar-refractivity contribution in [2.75, 3.05) is 12.4 Å². The molecule has 8 heteroatoms. The summed E-state index contributed by atoms with van der Waals surface area (Å²) in [7, 11) is -2.20. The van der Waals surface area contributed by atoms with Gasteiger partial charge >= 0.3 is 0 Å². The van der Waals surface area contributed by atoms with Gasteiger partial charge in [0.25, 0.3) is 5.91 Å². The van der Waals surface area contributed by atoms with Crippen LogP contribution < -0.4 is 10.0 Å². The van der Waals surface area contributed by atoms with Crippen LogP contribution in [-0.2, 0) is 14.8 Å². The third-order valence-electron chi connectivity index (χ3n) is 3.27. The number of anilines is 1. The molecule has 2 N–H and O–H groups in total. The van der Waals surface area contributed by atoms with E-state index in [0.29, 0.717) is 16.8 Å². The van der Waals surface area contributed by atoms with Crippen molar-refractivity contribution in [2.24, 2.45) is 0 Å². The van der Waals surface area contributed by atoms with Crippen LogP contribution in [0.15, 0.2) is 39.0 Å². The number of thiophene rings is 1. The Labute approximate surface area is 140 Å². The predicted octanol–water partition coefficient (Wildman–Crippen LogP) is 2.91. The van der Waals surface area contributed by atoms with Gasteiger partial charge < -0.3 is 5.32 Å². The van der Waals surface area contributed by atoms with Crippen LogP contribution in [0, 0.1) is 0 Å². The Balaban J connectivity index is 2.15. The lowest BCUT2D eigenvalue weighted by Gasteiger charge is -2.05. The Morgan fingerprint density at radius 2 is 2.09 bits per heavy atom. The number of nitrogens with one attached hydrogen (secondary N) is 2. The van der Waals surface area contributed by atoms with Gasteiger partial charge in [-0.25, -0.2) is 13.1 Å².